The zero-order chi connectivity index (χ0) is 16.7. The Hall–Kier alpha value is -2.20. The summed E-state index contributed by atoms with van der Waals surface area (Å²) in [4.78, 5) is 0. The summed E-state index contributed by atoms with van der Waals surface area (Å²) in [5.74, 6) is 1.16. The molecule has 24 heavy (non-hydrogen) atoms. The molecule has 0 unspecified atom stereocenters. The lowest BCUT2D eigenvalue weighted by Gasteiger charge is -2.41. The van der Waals surface area contributed by atoms with Crippen molar-refractivity contribution in [3.8, 4) is 11.4 Å². The molecule has 0 radical (unpaired) electrons. The number of benzene rings is 2. The van der Waals surface area contributed by atoms with Gasteiger partial charge < -0.3 is 4.57 Å². The first-order chi connectivity index (χ1) is 11.6. The maximum absolute atomic E-state index is 14.1. The maximum atomic E-state index is 14.1. The van der Waals surface area contributed by atoms with Gasteiger partial charge in [-0.2, -0.15) is 0 Å². The predicted octanol–water partition coefficient (Wildman–Crippen LogP) is 4.74. The third-order valence-corrected chi connectivity index (χ3v) is 5.27. The van der Waals surface area contributed by atoms with Gasteiger partial charge in [-0.05, 0) is 42.7 Å². The van der Waals surface area contributed by atoms with Gasteiger partial charge in [0.1, 0.15) is 11.6 Å². The lowest BCUT2D eigenvalue weighted by Crippen LogP contribution is -2.38. The normalized spacial score (nSPS) is 16.0. The molecular weight excluding hydrogens is 325 g/mol. The Kier molecular flexibility index (Phi) is 3.65. The van der Waals surface area contributed by atoms with E-state index in [0.717, 1.165) is 30.1 Å². The van der Waals surface area contributed by atoms with E-state index in [4.69, 9.17) is 11.6 Å². The van der Waals surface area contributed by atoms with Crippen molar-refractivity contribution in [2.75, 3.05) is 0 Å². The molecule has 1 saturated carbocycles. The highest BCUT2D eigenvalue weighted by Crippen LogP contribution is 2.48. The Bertz CT molecular complexity index is 882. The smallest absolute Gasteiger partial charge is 0.166 e. The fraction of sp³-hybridized carbons (Fsp3) is 0.263. The average molecular weight is 342 g/mol. The summed E-state index contributed by atoms with van der Waals surface area (Å²) in [7, 11) is 1.91. The highest BCUT2D eigenvalue weighted by Gasteiger charge is 2.44. The largest absolute Gasteiger partial charge is 0.313 e. The van der Waals surface area contributed by atoms with Crippen molar-refractivity contribution in [2.24, 2.45) is 7.05 Å². The second-order valence-electron chi connectivity index (χ2n) is 6.33. The van der Waals surface area contributed by atoms with Crippen LogP contribution in [0.1, 0.15) is 30.7 Å². The van der Waals surface area contributed by atoms with Crippen LogP contribution in [0.5, 0.6) is 0 Å². The van der Waals surface area contributed by atoms with E-state index in [1.54, 1.807) is 12.1 Å². The van der Waals surface area contributed by atoms with Gasteiger partial charge in [0.05, 0.1) is 11.0 Å². The van der Waals surface area contributed by atoms with Crippen molar-refractivity contribution in [1.29, 1.82) is 0 Å². The average Bonchev–Trinajstić information content (AvgIpc) is 2.91. The molecule has 0 aliphatic heterocycles. The topological polar surface area (TPSA) is 30.7 Å². The molecule has 1 fully saturated rings. The molecule has 1 heterocycles. The molecule has 5 heteroatoms. The van der Waals surface area contributed by atoms with Crippen LogP contribution in [-0.4, -0.2) is 14.8 Å². The van der Waals surface area contributed by atoms with E-state index in [1.165, 1.54) is 11.6 Å². The third kappa shape index (κ3) is 2.25. The standard InChI is InChI=1S/C19H17ClFN3/c1-24-17(15-5-2-3-6-16(15)21)22-23-18(24)19(11-4-12-19)13-7-9-14(20)10-8-13/h2-3,5-10H,4,11-12H2,1H3. The quantitative estimate of drug-likeness (QED) is 0.688. The zero-order valence-electron chi connectivity index (χ0n) is 13.3. The summed E-state index contributed by atoms with van der Waals surface area (Å²) in [6.07, 6.45) is 3.17. The molecule has 0 bridgehead atoms. The summed E-state index contributed by atoms with van der Waals surface area (Å²) < 4.78 is 16.1. The van der Waals surface area contributed by atoms with Gasteiger partial charge in [-0.15, -0.1) is 10.2 Å². The van der Waals surface area contributed by atoms with Crippen LogP contribution in [0.3, 0.4) is 0 Å². The molecule has 0 N–H and O–H groups in total. The molecule has 3 nitrogen and oxygen atoms in total. The van der Waals surface area contributed by atoms with Crippen LogP contribution in [0.4, 0.5) is 4.39 Å². The van der Waals surface area contributed by atoms with Crippen molar-refractivity contribution in [2.45, 2.75) is 24.7 Å². The molecule has 0 spiro atoms. The number of nitrogens with zero attached hydrogens (tertiary/aromatic N) is 3. The first-order valence-electron chi connectivity index (χ1n) is 8.03. The number of hydrogen-bond donors (Lipinski definition) is 0. The van der Waals surface area contributed by atoms with Gasteiger partial charge in [0.2, 0.25) is 0 Å². The fourth-order valence-electron chi connectivity index (χ4n) is 3.56. The molecule has 0 amide bonds. The van der Waals surface area contributed by atoms with E-state index in [2.05, 4.69) is 22.3 Å². The Labute approximate surface area is 145 Å². The second kappa shape index (κ2) is 5.71. The van der Waals surface area contributed by atoms with Crippen molar-refractivity contribution in [3.05, 3.63) is 70.8 Å². The summed E-state index contributed by atoms with van der Waals surface area (Å²) in [6, 6.07) is 14.6. The SMILES string of the molecule is Cn1c(-c2ccccc2F)nnc1C1(c2ccc(Cl)cc2)CCC1. The summed E-state index contributed by atoms with van der Waals surface area (Å²) in [5.41, 5.74) is 1.51. The molecule has 0 saturated heterocycles. The van der Waals surface area contributed by atoms with Crippen LogP contribution in [0.25, 0.3) is 11.4 Å². The van der Waals surface area contributed by atoms with E-state index < -0.39 is 0 Å². The predicted molar refractivity (Wildman–Crippen MR) is 92.5 cm³/mol. The van der Waals surface area contributed by atoms with Gasteiger partial charge in [0.25, 0.3) is 0 Å². The van der Waals surface area contributed by atoms with Crippen molar-refractivity contribution >= 4 is 11.6 Å². The minimum Gasteiger partial charge on any atom is -0.313 e. The van der Waals surface area contributed by atoms with Crippen LogP contribution in [-0.2, 0) is 12.5 Å². The van der Waals surface area contributed by atoms with Crippen LogP contribution >= 0.6 is 11.6 Å². The molecule has 0 atom stereocenters. The maximum Gasteiger partial charge on any atom is 0.166 e. The van der Waals surface area contributed by atoms with Gasteiger partial charge in [0.15, 0.2) is 5.82 Å². The Morgan fingerprint density at radius 1 is 1.04 bits per heavy atom. The molecule has 2 aromatic carbocycles. The lowest BCUT2D eigenvalue weighted by atomic mass is 9.64. The van der Waals surface area contributed by atoms with Gasteiger partial charge in [-0.1, -0.05) is 42.3 Å². The number of hydrogen-bond acceptors (Lipinski definition) is 2. The Morgan fingerprint density at radius 2 is 1.75 bits per heavy atom. The van der Waals surface area contributed by atoms with E-state index in [1.807, 2.05) is 29.8 Å². The van der Waals surface area contributed by atoms with Crippen molar-refractivity contribution < 1.29 is 4.39 Å². The number of rotatable bonds is 3. The van der Waals surface area contributed by atoms with Gasteiger partial charge >= 0.3 is 0 Å². The molecule has 1 aliphatic rings. The number of halogens is 2. The van der Waals surface area contributed by atoms with Crippen LogP contribution in [0.2, 0.25) is 5.02 Å². The van der Waals surface area contributed by atoms with E-state index in [9.17, 15) is 4.39 Å². The molecule has 1 aromatic heterocycles. The van der Waals surface area contributed by atoms with Crippen LogP contribution in [0.15, 0.2) is 48.5 Å². The summed E-state index contributed by atoms with van der Waals surface area (Å²) in [5, 5.41) is 9.44. The van der Waals surface area contributed by atoms with Crippen LogP contribution in [0, 0.1) is 5.82 Å². The highest BCUT2D eigenvalue weighted by atomic mass is 35.5. The molecule has 122 valence electrons. The minimum absolute atomic E-state index is 0.157. The second-order valence-corrected chi connectivity index (χ2v) is 6.77. The van der Waals surface area contributed by atoms with Crippen molar-refractivity contribution in [1.82, 2.24) is 14.8 Å². The number of aromatic nitrogens is 3. The minimum atomic E-state index is -0.284. The summed E-state index contributed by atoms with van der Waals surface area (Å²) >= 11 is 6.03. The summed E-state index contributed by atoms with van der Waals surface area (Å²) in [6.45, 7) is 0. The van der Waals surface area contributed by atoms with Crippen molar-refractivity contribution in [3.63, 3.8) is 0 Å². The monoisotopic (exact) mass is 341 g/mol. The Balaban J connectivity index is 1.82. The molecule has 4 rings (SSSR count). The van der Waals surface area contributed by atoms with Gasteiger partial charge in [0, 0.05) is 12.1 Å². The van der Waals surface area contributed by atoms with Gasteiger partial charge in [-0.25, -0.2) is 4.39 Å². The first kappa shape index (κ1) is 15.3. The van der Waals surface area contributed by atoms with Crippen LogP contribution < -0.4 is 0 Å². The lowest BCUT2D eigenvalue weighted by molar-refractivity contribution is 0.278. The van der Waals surface area contributed by atoms with Gasteiger partial charge in [-0.3, -0.25) is 0 Å². The molecule has 3 aromatic rings. The van der Waals surface area contributed by atoms with E-state index in [-0.39, 0.29) is 11.2 Å². The highest BCUT2D eigenvalue weighted by molar-refractivity contribution is 6.30. The molecule has 1 aliphatic carbocycles. The first-order valence-corrected chi connectivity index (χ1v) is 8.40. The van der Waals surface area contributed by atoms with E-state index in [0.29, 0.717) is 11.4 Å². The Morgan fingerprint density at radius 3 is 2.38 bits per heavy atom. The zero-order valence-corrected chi connectivity index (χ0v) is 14.1. The third-order valence-electron chi connectivity index (χ3n) is 5.02. The fourth-order valence-corrected chi connectivity index (χ4v) is 3.69. The van der Waals surface area contributed by atoms with E-state index >= 15 is 0 Å². The molecular formula is C19H17ClFN3.